The van der Waals surface area contributed by atoms with Gasteiger partial charge in [0.25, 0.3) is 5.56 Å². The number of likely N-dealkylation sites (N-methyl/N-ethyl adjacent to an activating group) is 1. The lowest BCUT2D eigenvalue weighted by atomic mass is 9.90. The van der Waals surface area contributed by atoms with Crippen LogP contribution in [0, 0.1) is 32.5 Å². The Balaban J connectivity index is 2.14. The van der Waals surface area contributed by atoms with Gasteiger partial charge in [-0.1, -0.05) is 39.0 Å². The molecular formula is C37H50FN3O4. The van der Waals surface area contributed by atoms with E-state index in [4.69, 9.17) is 4.74 Å². The molecule has 1 N–H and O–H groups in total. The molecule has 1 heterocycles. The van der Waals surface area contributed by atoms with E-state index in [0.717, 1.165) is 40.8 Å². The number of esters is 1. The lowest BCUT2D eigenvalue weighted by Crippen LogP contribution is -2.41. The summed E-state index contributed by atoms with van der Waals surface area (Å²) in [5, 5.41) is 2.99. The minimum Gasteiger partial charge on any atom is -0.466 e. The van der Waals surface area contributed by atoms with E-state index in [9.17, 15) is 14.4 Å². The van der Waals surface area contributed by atoms with Crippen LogP contribution in [0.1, 0.15) is 86.0 Å². The predicted molar refractivity (Wildman–Crippen MR) is 179 cm³/mol. The molecule has 2 aromatic carbocycles. The minimum absolute atomic E-state index is 0.0815. The Morgan fingerprint density at radius 3 is 2.27 bits per heavy atom. The first kappa shape index (κ1) is 35.7. The van der Waals surface area contributed by atoms with Crippen molar-refractivity contribution in [2.75, 3.05) is 27.2 Å². The van der Waals surface area contributed by atoms with E-state index in [0.29, 0.717) is 24.0 Å². The number of amides is 1. The summed E-state index contributed by atoms with van der Waals surface area (Å²) in [4.78, 5) is 42.8. The molecule has 0 saturated carbocycles. The van der Waals surface area contributed by atoms with Gasteiger partial charge in [-0.15, -0.1) is 0 Å². The van der Waals surface area contributed by atoms with Crippen LogP contribution < -0.4 is 10.9 Å². The average Bonchev–Trinajstić information content (AvgIpc) is 2.96. The number of nitrogens with zero attached hydrogens (tertiary/aromatic N) is 2. The zero-order valence-corrected chi connectivity index (χ0v) is 28.4. The number of hydrogen-bond donors (Lipinski definition) is 1. The number of pyridine rings is 1. The maximum atomic E-state index is 16.0. The van der Waals surface area contributed by atoms with E-state index in [1.165, 1.54) is 4.57 Å². The fourth-order valence-corrected chi connectivity index (χ4v) is 5.85. The third-order valence-electron chi connectivity index (χ3n) is 8.16. The molecule has 0 aliphatic heterocycles. The van der Waals surface area contributed by atoms with Gasteiger partial charge in [-0.2, -0.15) is 0 Å². The first-order valence-corrected chi connectivity index (χ1v) is 16.0. The second kappa shape index (κ2) is 16.0. The maximum Gasteiger partial charge on any atom is 0.308 e. The third-order valence-corrected chi connectivity index (χ3v) is 8.16. The van der Waals surface area contributed by atoms with Crippen molar-refractivity contribution in [2.45, 2.75) is 86.2 Å². The van der Waals surface area contributed by atoms with Gasteiger partial charge in [-0.05, 0) is 119 Å². The average molecular weight is 620 g/mol. The summed E-state index contributed by atoms with van der Waals surface area (Å²) in [6.07, 6.45) is 3.17. The molecule has 0 radical (unpaired) electrons. The highest BCUT2D eigenvalue weighted by atomic mass is 19.1. The molecule has 0 aliphatic rings. The first-order valence-electron chi connectivity index (χ1n) is 16.0. The summed E-state index contributed by atoms with van der Waals surface area (Å²) in [5.74, 6) is -1.40. The Kier molecular flexibility index (Phi) is 12.7. The normalized spacial score (nSPS) is 12.8. The molecule has 45 heavy (non-hydrogen) atoms. The summed E-state index contributed by atoms with van der Waals surface area (Å²) in [6.45, 7) is 14.3. The molecule has 8 heteroatoms. The van der Waals surface area contributed by atoms with Crippen molar-refractivity contribution in [3.05, 3.63) is 92.1 Å². The number of ether oxygens (including phenoxy) is 1. The number of hydrogen-bond acceptors (Lipinski definition) is 5. The molecule has 0 spiro atoms. The minimum atomic E-state index is -1.01. The summed E-state index contributed by atoms with van der Waals surface area (Å²) < 4.78 is 22.8. The van der Waals surface area contributed by atoms with Gasteiger partial charge in [0.1, 0.15) is 11.9 Å². The number of halogens is 1. The highest BCUT2D eigenvalue weighted by Crippen LogP contribution is 2.34. The third kappa shape index (κ3) is 9.13. The Bertz CT molecular complexity index is 1540. The van der Waals surface area contributed by atoms with Gasteiger partial charge in [0, 0.05) is 23.9 Å². The number of benzene rings is 2. The smallest absolute Gasteiger partial charge is 0.308 e. The molecule has 0 bridgehead atoms. The van der Waals surface area contributed by atoms with Gasteiger partial charge < -0.3 is 19.5 Å². The monoisotopic (exact) mass is 619 g/mol. The number of nitrogens with one attached hydrogen (secondary N) is 1. The Labute approximate surface area is 267 Å². The molecular weight excluding hydrogens is 569 g/mol. The number of rotatable bonds is 14. The van der Waals surface area contributed by atoms with Crippen molar-refractivity contribution < 1.29 is 18.7 Å². The van der Waals surface area contributed by atoms with Gasteiger partial charge in [-0.25, -0.2) is 4.39 Å². The lowest BCUT2D eigenvalue weighted by Gasteiger charge is -2.27. The summed E-state index contributed by atoms with van der Waals surface area (Å²) in [7, 11) is 3.98. The lowest BCUT2D eigenvalue weighted by molar-refractivity contribution is -0.144. The summed E-state index contributed by atoms with van der Waals surface area (Å²) in [6, 6.07) is 9.57. The maximum absolute atomic E-state index is 16.0. The number of aryl methyl sites for hydroxylation is 4. The molecule has 1 amide bonds. The fourth-order valence-electron chi connectivity index (χ4n) is 5.85. The predicted octanol–water partition coefficient (Wildman–Crippen LogP) is 6.64. The Morgan fingerprint density at radius 1 is 1.02 bits per heavy atom. The van der Waals surface area contributed by atoms with E-state index in [-0.39, 0.29) is 30.1 Å². The van der Waals surface area contributed by atoms with Gasteiger partial charge in [0.05, 0.1) is 19.1 Å². The molecule has 244 valence electrons. The van der Waals surface area contributed by atoms with Crippen molar-refractivity contribution in [3.8, 4) is 11.1 Å². The second-order valence-corrected chi connectivity index (χ2v) is 12.7. The van der Waals surface area contributed by atoms with E-state index < -0.39 is 29.8 Å². The zero-order chi connectivity index (χ0) is 33.4. The van der Waals surface area contributed by atoms with E-state index >= 15 is 4.39 Å². The highest BCUT2D eigenvalue weighted by molar-refractivity contribution is 5.82. The summed E-state index contributed by atoms with van der Waals surface area (Å²) in [5.41, 5.74) is 5.86. The molecule has 3 aromatic rings. The molecule has 0 aliphatic carbocycles. The van der Waals surface area contributed by atoms with Crippen LogP contribution in [0.2, 0.25) is 0 Å². The van der Waals surface area contributed by atoms with E-state index in [2.05, 4.69) is 10.2 Å². The van der Waals surface area contributed by atoms with Crippen molar-refractivity contribution in [1.29, 1.82) is 0 Å². The zero-order valence-electron chi connectivity index (χ0n) is 28.4. The number of carbonyl (C=O) groups excluding carboxylic acids is 2. The van der Waals surface area contributed by atoms with Gasteiger partial charge in [0.15, 0.2) is 0 Å². The summed E-state index contributed by atoms with van der Waals surface area (Å²) >= 11 is 0. The van der Waals surface area contributed by atoms with Crippen molar-refractivity contribution in [3.63, 3.8) is 0 Å². The van der Waals surface area contributed by atoms with Gasteiger partial charge in [-0.3, -0.25) is 14.4 Å². The SMILES string of the molecule is CCOC(=O)C[C@H](NC(=O)C(CC(C)C)n1cc(CCN(C)C)cc(CC)c1=O)c1cc(-c2c(C)cccc2C)cc(C)c1F. The van der Waals surface area contributed by atoms with Crippen LogP contribution >= 0.6 is 0 Å². The first-order chi connectivity index (χ1) is 21.3. The number of aromatic nitrogens is 1. The van der Waals surface area contributed by atoms with Crippen molar-refractivity contribution >= 4 is 11.9 Å². The van der Waals surface area contributed by atoms with Crippen LogP contribution in [-0.2, 0) is 27.2 Å². The molecule has 7 nitrogen and oxygen atoms in total. The topological polar surface area (TPSA) is 80.6 Å². The Hall–Kier alpha value is -3.78. The molecule has 2 atom stereocenters. The van der Waals surface area contributed by atoms with Crippen molar-refractivity contribution in [2.24, 2.45) is 5.92 Å². The van der Waals surface area contributed by atoms with Gasteiger partial charge >= 0.3 is 5.97 Å². The molecule has 3 rings (SSSR count). The second-order valence-electron chi connectivity index (χ2n) is 12.7. The largest absolute Gasteiger partial charge is 0.466 e. The fraction of sp³-hybridized carbons (Fsp3) is 0.486. The van der Waals surface area contributed by atoms with Crippen LogP contribution in [0.3, 0.4) is 0 Å². The van der Waals surface area contributed by atoms with E-state index in [1.54, 1.807) is 32.2 Å². The molecule has 1 aromatic heterocycles. The molecule has 1 unspecified atom stereocenters. The van der Waals surface area contributed by atoms with Crippen LogP contribution in [0.4, 0.5) is 4.39 Å². The van der Waals surface area contributed by atoms with Crippen LogP contribution in [0.5, 0.6) is 0 Å². The van der Waals surface area contributed by atoms with Crippen LogP contribution in [-0.4, -0.2) is 48.6 Å². The Morgan fingerprint density at radius 2 is 1.69 bits per heavy atom. The highest BCUT2D eigenvalue weighted by Gasteiger charge is 2.30. The van der Waals surface area contributed by atoms with E-state index in [1.807, 2.05) is 73.0 Å². The molecule has 0 saturated heterocycles. The van der Waals surface area contributed by atoms with Crippen molar-refractivity contribution in [1.82, 2.24) is 14.8 Å². The number of carbonyl (C=O) groups is 2. The van der Waals surface area contributed by atoms with Gasteiger partial charge in [0.2, 0.25) is 5.91 Å². The van der Waals surface area contributed by atoms with Crippen LogP contribution in [0.25, 0.3) is 11.1 Å². The molecule has 0 fully saturated rings. The quantitative estimate of drug-likeness (QED) is 0.205. The van der Waals surface area contributed by atoms with Crippen LogP contribution in [0.15, 0.2) is 47.4 Å². The standard InChI is InChI=1S/C37H50FN3O4/c1-10-28-19-27(15-16-40(8)9)22-41(37(28)44)32(17-23(3)4)36(43)39-31(21-33(42)45-11-2)30-20-29(18-26(7)35(30)38)34-24(5)13-12-14-25(34)6/h12-14,18-20,22-23,31-32H,10-11,15-17,21H2,1-9H3,(H,39,43)/t31-,32?/m0/s1.